The number of nitrogens with two attached hydrogens (primary N) is 1. The second-order valence-electron chi connectivity index (χ2n) is 4.86. The topological polar surface area (TPSA) is 29.3 Å². The second kappa shape index (κ2) is 5.89. The van der Waals surface area contributed by atoms with Crippen molar-refractivity contribution in [3.8, 4) is 0 Å². The number of hydrogen-bond donors (Lipinski definition) is 1. The summed E-state index contributed by atoms with van der Waals surface area (Å²) >= 11 is 11.1. The SMILES string of the molecule is CCC1CCN(c2ccc(Cl)cc2C(N)=S)CC1. The van der Waals surface area contributed by atoms with Crippen molar-refractivity contribution in [1.29, 1.82) is 0 Å². The molecule has 1 heterocycles. The van der Waals surface area contributed by atoms with E-state index in [0.717, 1.165) is 30.3 Å². The minimum Gasteiger partial charge on any atom is -0.389 e. The van der Waals surface area contributed by atoms with Gasteiger partial charge in [0.25, 0.3) is 0 Å². The van der Waals surface area contributed by atoms with Gasteiger partial charge in [-0.2, -0.15) is 0 Å². The first-order chi connectivity index (χ1) is 8.61. The van der Waals surface area contributed by atoms with Gasteiger partial charge in [0, 0.05) is 29.4 Å². The van der Waals surface area contributed by atoms with Crippen LogP contribution >= 0.6 is 23.8 Å². The van der Waals surface area contributed by atoms with Crippen LogP contribution < -0.4 is 10.6 Å². The zero-order valence-electron chi connectivity index (χ0n) is 10.7. The molecule has 1 aliphatic rings. The summed E-state index contributed by atoms with van der Waals surface area (Å²) in [6, 6.07) is 5.80. The molecule has 98 valence electrons. The lowest BCUT2D eigenvalue weighted by molar-refractivity contribution is 0.395. The van der Waals surface area contributed by atoms with Gasteiger partial charge in [-0.1, -0.05) is 37.2 Å². The first-order valence-corrected chi connectivity index (χ1v) is 7.24. The highest BCUT2D eigenvalue weighted by atomic mass is 35.5. The summed E-state index contributed by atoms with van der Waals surface area (Å²) in [6.07, 6.45) is 3.77. The van der Waals surface area contributed by atoms with Gasteiger partial charge in [0.15, 0.2) is 0 Å². The summed E-state index contributed by atoms with van der Waals surface area (Å²) in [5.74, 6) is 0.863. The smallest absolute Gasteiger partial charge is 0.106 e. The van der Waals surface area contributed by atoms with Gasteiger partial charge in [0.05, 0.1) is 0 Å². The summed E-state index contributed by atoms with van der Waals surface area (Å²) in [5.41, 5.74) is 7.81. The van der Waals surface area contributed by atoms with Crippen LogP contribution in [0.25, 0.3) is 0 Å². The molecule has 4 heteroatoms. The van der Waals surface area contributed by atoms with E-state index < -0.39 is 0 Å². The van der Waals surface area contributed by atoms with Gasteiger partial charge >= 0.3 is 0 Å². The molecule has 2 rings (SSSR count). The van der Waals surface area contributed by atoms with Crippen LogP contribution in [0.2, 0.25) is 5.02 Å². The zero-order valence-corrected chi connectivity index (χ0v) is 12.2. The largest absolute Gasteiger partial charge is 0.389 e. The van der Waals surface area contributed by atoms with Crippen molar-refractivity contribution < 1.29 is 0 Å². The van der Waals surface area contributed by atoms with Crippen LogP contribution in [0.1, 0.15) is 31.7 Å². The molecule has 0 bridgehead atoms. The molecular formula is C14H19ClN2S. The first kappa shape index (κ1) is 13.6. The molecule has 1 aromatic carbocycles. The van der Waals surface area contributed by atoms with E-state index in [1.54, 1.807) is 0 Å². The van der Waals surface area contributed by atoms with Crippen LogP contribution in [-0.2, 0) is 0 Å². The fourth-order valence-electron chi connectivity index (χ4n) is 2.56. The lowest BCUT2D eigenvalue weighted by atomic mass is 9.94. The average molecular weight is 283 g/mol. The van der Waals surface area contributed by atoms with Crippen molar-refractivity contribution in [1.82, 2.24) is 0 Å². The molecule has 0 aliphatic carbocycles. The van der Waals surface area contributed by atoms with Crippen molar-refractivity contribution in [2.75, 3.05) is 18.0 Å². The lowest BCUT2D eigenvalue weighted by Crippen LogP contribution is -2.34. The van der Waals surface area contributed by atoms with Crippen molar-refractivity contribution in [2.24, 2.45) is 11.7 Å². The van der Waals surface area contributed by atoms with Crippen LogP contribution in [0.4, 0.5) is 5.69 Å². The van der Waals surface area contributed by atoms with E-state index in [2.05, 4.69) is 11.8 Å². The van der Waals surface area contributed by atoms with Crippen molar-refractivity contribution in [3.63, 3.8) is 0 Å². The summed E-state index contributed by atoms with van der Waals surface area (Å²) in [7, 11) is 0. The van der Waals surface area contributed by atoms with Crippen molar-refractivity contribution in [2.45, 2.75) is 26.2 Å². The number of thiocarbonyl (C=S) groups is 1. The maximum absolute atomic E-state index is 6.01. The lowest BCUT2D eigenvalue weighted by Gasteiger charge is -2.34. The van der Waals surface area contributed by atoms with Gasteiger partial charge in [-0.05, 0) is 37.0 Å². The van der Waals surface area contributed by atoms with Crippen LogP contribution in [0.3, 0.4) is 0 Å². The van der Waals surface area contributed by atoms with Crippen LogP contribution in [0.15, 0.2) is 18.2 Å². The molecule has 0 spiro atoms. The Bertz CT molecular complexity index is 439. The molecule has 0 amide bonds. The van der Waals surface area contributed by atoms with Crippen LogP contribution in [0.5, 0.6) is 0 Å². The fourth-order valence-corrected chi connectivity index (χ4v) is 2.90. The third-order valence-corrected chi connectivity index (χ3v) is 4.21. The third-order valence-electron chi connectivity index (χ3n) is 3.76. The number of anilines is 1. The number of nitrogens with zero attached hydrogens (tertiary/aromatic N) is 1. The van der Waals surface area contributed by atoms with Gasteiger partial charge in [-0.25, -0.2) is 0 Å². The van der Waals surface area contributed by atoms with E-state index in [1.165, 1.54) is 19.3 Å². The molecule has 1 aliphatic heterocycles. The zero-order chi connectivity index (χ0) is 13.1. The van der Waals surface area contributed by atoms with Gasteiger partial charge in [0.2, 0.25) is 0 Å². The van der Waals surface area contributed by atoms with Crippen LogP contribution in [0, 0.1) is 5.92 Å². The molecule has 2 nitrogen and oxygen atoms in total. The maximum Gasteiger partial charge on any atom is 0.106 e. The standard InChI is InChI=1S/C14H19ClN2S/c1-2-10-5-7-17(8-6-10)13-4-3-11(15)9-12(13)14(16)18/h3-4,9-10H,2,5-8H2,1H3,(H2,16,18). The normalized spacial score (nSPS) is 16.9. The predicted octanol–water partition coefficient (Wildman–Crippen LogP) is 3.60. The van der Waals surface area contributed by atoms with Gasteiger partial charge in [0.1, 0.15) is 4.99 Å². The Kier molecular flexibility index (Phi) is 4.46. The molecular weight excluding hydrogens is 264 g/mol. The minimum absolute atomic E-state index is 0.421. The van der Waals surface area contributed by atoms with E-state index in [1.807, 2.05) is 18.2 Å². The van der Waals surface area contributed by atoms with Gasteiger partial charge < -0.3 is 10.6 Å². The highest BCUT2D eigenvalue weighted by Crippen LogP contribution is 2.29. The quantitative estimate of drug-likeness (QED) is 0.859. The van der Waals surface area contributed by atoms with E-state index in [4.69, 9.17) is 29.6 Å². The molecule has 1 saturated heterocycles. The number of benzene rings is 1. The highest BCUT2D eigenvalue weighted by Gasteiger charge is 2.20. The first-order valence-electron chi connectivity index (χ1n) is 6.46. The van der Waals surface area contributed by atoms with E-state index in [0.29, 0.717) is 10.0 Å². The molecule has 1 fully saturated rings. The van der Waals surface area contributed by atoms with Gasteiger partial charge in [-0.15, -0.1) is 0 Å². The number of piperidine rings is 1. The predicted molar refractivity (Wildman–Crippen MR) is 82.6 cm³/mol. The van der Waals surface area contributed by atoms with Crippen molar-refractivity contribution in [3.05, 3.63) is 28.8 Å². The summed E-state index contributed by atoms with van der Waals surface area (Å²) in [5, 5.41) is 0.685. The summed E-state index contributed by atoms with van der Waals surface area (Å²) < 4.78 is 0. The van der Waals surface area contributed by atoms with Crippen LogP contribution in [-0.4, -0.2) is 18.1 Å². The number of rotatable bonds is 3. The molecule has 0 unspecified atom stereocenters. The van der Waals surface area contributed by atoms with Crippen molar-refractivity contribution >= 4 is 34.5 Å². The Morgan fingerprint density at radius 1 is 1.44 bits per heavy atom. The van der Waals surface area contributed by atoms with E-state index >= 15 is 0 Å². The molecule has 0 radical (unpaired) electrons. The Morgan fingerprint density at radius 2 is 2.11 bits per heavy atom. The molecule has 0 saturated carbocycles. The second-order valence-corrected chi connectivity index (χ2v) is 5.74. The van der Waals surface area contributed by atoms with Gasteiger partial charge in [-0.3, -0.25) is 0 Å². The number of hydrogen-bond acceptors (Lipinski definition) is 2. The maximum atomic E-state index is 6.01. The Balaban J connectivity index is 2.21. The van der Waals surface area contributed by atoms with E-state index in [9.17, 15) is 0 Å². The molecule has 0 atom stereocenters. The Hall–Kier alpha value is -0.800. The Morgan fingerprint density at radius 3 is 2.67 bits per heavy atom. The summed E-state index contributed by atoms with van der Waals surface area (Å²) in [4.78, 5) is 2.79. The summed E-state index contributed by atoms with van der Waals surface area (Å²) in [6.45, 7) is 4.43. The monoisotopic (exact) mass is 282 g/mol. The average Bonchev–Trinajstić information content (AvgIpc) is 2.39. The molecule has 18 heavy (non-hydrogen) atoms. The molecule has 0 aromatic heterocycles. The molecule has 2 N–H and O–H groups in total. The minimum atomic E-state index is 0.421. The number of halogens is 1. The Labute approximate surface area is 119 Å². The van der Waals surface area contributed by atoms with E-state index in [-0.39, 0.29) is 0 Å². The third kappa shape index (κ3) is 2.96. The fraction of sp³-hybridized carbons (Fsp3) is 0.500. The molecule has 1 aromatic rings. The highest BCUT2D eigenvalue weighted by molar-refractivity contribution is 7.80.